The molecule has 2 aliphatic carbocycles. The van der Waals surface area contributed by atoms with Gasteiger partial charge in [0.25, 0.3) is 0 Å². The van der Waals surface area contributed by atoms with Crippen LogP contribution in [0.15, 0.2) is 0 Å². The van der Waals surface area contributed by atoms with Crippen LogP contribution < -0.4 is 0 Å². The lowest BCUT2D eigenvalue weighted by atomic mass is 9.69. The lowest BCUT2D eigenvalue weighted by Gasteiger charge is -2.33. The molecule has 0 aromatic rings. The molecule has 0 aromatic carbocycles. The van der Waals surface area contributed by atoms with E-state index in [0.29, 0.717) is 24.2 Å². The average molecular weight is 266 g/mol. The summed E-state index contributed by atoms with van der Waals surface area (Å²) in [5.41, 5.74) is -0.501. The summed E-state index contributed by atoms with van der Waals surface area (Å²) < 4.78 is 11.1. The van der Waals surface area contributed by atoms with E-state index in [4.69, 9.17) is 9.47 Å². The van der Waals surface area contributed by atoms with Gasteiger partial charge in [-0.1, -0.05) is 0 Å². The summed E-state index contributed by atoms with van der Waals surface area (Å²) in [5.74, 6) is 0.0793. The fourth-order valence-corrected chi connectivity index (χ4v) is 4.28. The SMILES string of the molecule is O=C(O)C1(CCC2CCC3OC3C2)CCC2OC2C1. The average Bonchev–Trinajstić information content (AvgIpc) is 3.28. The summed E-state index contributed by atoms with van der Waals surface area (Å²) >= 11 is 0. The van der Waals surface area contributed by atoms with E-state index in [9.17, 15) is 9.90 Å². The highest BCUT2D eigenvalue weighted by Gasteiger charge is 2.54. The Morgan fingerprint density at radius 1 is 1.11 bits per heavy atom. The van der Waals surface area contributed by atoms with Gasteiger partial charge in [-0.25, -0.2) is 0 Å². The maximum absolute atomic E-state index is 11.7. The monoisotopic (exact) mass is 266 g/mol. The first-order valence-electron chi connectivity index (χ1n) is 7.71. The lowest BCUT2D eigenvalue weighted by molar-refractivity contribution is -0.151. The van der Waals surface area contributed by atoms with E-state index >= 15 is 0 Å². The molecule has 0 aromatic heterocycles. The fourth-order valence-electron chi connectivity index (χ4n) is 4.28. The molecule has 4 nitrogen and oxygen atoms in total. The number of carbonyl (C=O) groups is 1. The molecule has 2 saturated carbocycles. The van der Waals surface area contributed by atoms with Crippen LogP contribution in [0.3, 0.4) is 0 Å². The van der Waals surface area contributed by atoms with Crippen molar-refractivity contribution >= 4 is 5.97 Å². The molecule has 0 spiro atoms. The molecular weight excluding hydrogens is 244 g/mol. The maximum Gasteiger partial charge on any atom is 0.309 e. The molecule has 4 fully saturated rings. The zero-order valence-electron chi connectivity index (χ0n) is 11.2. The summed E-state index contributed by atoms with van der Waals surface area (Å²) in [5, 5.41) is 9.63. The predicted octanol–water partition coefficient (Wildman–Crippen LogP) is 2.36. The van der Waals surface area contributed by atoms with Crippen molar-refractivity contribution in [2.24, 2.45) is 11.3 Å². The molecule has 4 heteroatoms. The second-order valence-corrected chi connectivity index (χ2v) is 6.97. The maximum atomic E-state index is 11.7. The van der Waals surface area contributed by atoms with Gasteiger partial charge in [0, 0.05) is 0 Å². The number of fused-ring (bicyclic) bond motifs is 2. The summed E-state index contributed by atoms with van der Waals surface area (Å²) in [7, 11) is 0. The van der Waals surface area contributed by atoms with Gasteiger partial charge in [-0.15, -0.1) is 0 Å². The number of carboxylic acids is 1. The molecule has 6 atom stereocenters. The van der Waals surface area contributed by atoms with Crippen LogP contribution in [0.1, 0.15) is 51.4 Å². The second kappa shape index (κ2) is 4.19. The molecule has 19 heavy (non-hydrogen) atoms. The van der Waals surface area contributed by atoms with Crippen LogP contribution in [0.2, 0.25) is 0 Å². The minimum atomic E-state index is -0.599. The zero-order chi connectivity index (χ0) is 13.0. The number of hydrogen-bond donors (Lipinski definition) is 1. The first-order valence-corrected chi connectivity index (χ1v) is 7.71. The summed E-state index contributed by atoms with van der Waals surface area (Å²) in [6.07, 6.45) is 9.59. The molecule has 1 N–H and O–H groups in total. The Hall–Kier alpha value is -0.610. The van der Waals surface area contributed by atoms with Crippen molar-refractivity contribution in [2.75, 3.05) is 0 Å². The molecule has 0 radical (unpaired) electrons. The van der Waals surface area contributed by atoms with E-state index in [0.717, 1.165) is 38.5 Å². The van der Waals surface area contributed by atoms with Crippen molar-refractivity contribution in [2.45, 2.75) is 75.8 Å². The van der Waals surface area contributed by atoms with Gasteiger partial charge in [-0.05, 0) is 57.3 Å². The molecule has 0 amide bonds. The van der Waals surface area contributed by atoms with Crippen LogP contribution >= 0.6 is 0 Å². The van der Waals surface area contributed by atoms with E-state index in [1.165, 1.54) is 12.8 Å². The minimum Gasteiger partial charge on any atom is -0.481 e. The van der Waals surface area contributed by atoms with Crippen LogP contribution in [0.25, 0.3) is 0 Å². The summed E-state index contributed by atoms with van der Waals surface area (Å²) in [6.45, 7) is 0. The van der Waals surface area contributed by atoms with Gasteiger partial charge in [0.2, 0.25) is 0 Å². The van der Waals surface area contributed by atoms with Gasteiger partial charge in [0.05, 0.1) is 29.8 Å². The molecule has 0 bridgehead atoms. The molecule has 4 rings (SSSR count). The highest BCUT2D eigenvalue weighted by atomic mass is 16.6. The predicted molar refractivity (Wildman–Crippen MR) is 67.8 cm³/mol. The third-order valence-corrected chi connectivity index (χ3v) is 5.78. The van der Waals surface area contributed by atoms with E-state index in [1.807, 2.05) is 0 Å². The number of hydrogen-bond acceptors (Lipinski definition) is 3. The Bertz CT molecular complexity index is 396. The number of rotatable bonds is 4. The van der Waals surface area contributed by atoms with Crippen LogP contribution in [-0.2, 0) is 14.3 Å². The quantitative estimate of drug-likeness (QED) is 0.793. The third-order valence-electron chi connectivity index (χ3n) is 5.78. The van der Waals surface area contributed by atoms with Crippen molar-refractivity contribution < 1.29 is 19.4 Å². The Labute approximate surface area is 113 Å². The van der Waals surface area contributed by atoms with E-state index in [2.05, 4.69) is 0 Å². The first kappa shape index (κ1) is 12.2. The Morgan fingerprint density at radius 2 is 1.89 bits per heavy atom. The van der Waals surface area contributed by atoms with Crippen LogP contribution in [0.5, 0.6) is 0 Å². The molecule has 106 valence electrons. The molecule has 4 aliphatic rings. The Balaban J connectivity index is 1.36. The van der Waals surface area contributed by atoms with Crippen molar-refractivity contribution in [1.82, 2.24) is 0 Å². The van der Waals surface area contributed by atoms with Gasteiger partial charge in [0.1, 0.15) is 0 Å². The largest absolute Gasteiger partial charge is 0.481 e. The fraction of sp³-hybridized carbons (Fsp3) is 0.933. The number of epoxide rings is 2. The zero-order valence-corrected chi connectivity index (χ0v) is 11.2. The molecule has 6 unspecified atom stereocenters. The molecule has 2 heterocycles. The number of carboxylic acid groups (broad SMARTS) is 1. The van der Waals surface area contributed by atoms with E-state index < -0.39 is 11.4 Å². The van der Waals surface area contributed by atoms with Crippen molar-refractivity contribution in [3.05, 3.63) is 0 Å². The van der Waals surface area contributed by atoms with E-state index in [-0.39, 0.29) is 6.10 Å². The van der Waals surface area contributed by atoms with Crippen LogP contribution in [0, 0.1) is 11.3 Å². The molecule has 2 saturated heterocycles. The molecule has 2 aliphatic heterocycles. The van der Waals surface area contributed by atoms with Gasteiger partial charge >= 0.3 is 5.97 Å². The standard InChI is InChI=1S/C15H22O4/c16-14(17)15(6-4-11-13(8-15)19-11)5-3-9-1-2-10-12(7-9)18-10/h9-13H,1-8H2,(H,16,17). The topological polar surface area (TPSA) is 62.4 Å². The van der Waals surface area contributed by atoms with Crippen molar-refractivity contribution in [1.29, 1.82) is 0 Å². The normalized spacial score (nSPS) is 51.1. The lowest BCUT2D eigenvalue weighted by Crippen LogP contribution is -2.36. The highest BCUT2D eigenvalue weighted by molar-refractivity contribution is 5.75. The summed E-state index contributed by atoms with van der Waals surface area (Å²) in [4.78, 5) is 11.7. The third kappa shape index (κ3) is 2.19. The minimum absolute atomic E-state index is 0.243. The number of aliphatic carboxylic acids is 1. The van der Waals surface area contributed by atoms with Crippen LogP contribution in [0.4, 0.5) is 0 Å². The van der Waals surface area contributed by atoms with Crippen LogP contribution in [-0.4, -0.2) is 35.5 Å². The van der Waals surface area contributed by atoms with Crippen molar-refractivity contribution in [3.63, 3.8) is 0 Å². The van der Waals surface area contributed by atoms with Gasteiger partial charge in [-0.2, -0.15) is 0 Å². The van der Waals surface area contributed by atoms with Crippen molar-refractivity contribution in [3.8, 4) is 0 Å². The van der Waals surface area contributed by atoms with Gasteiger partial charge < -0.3 is 14.6 Å². The Morgan fingerprint density at radius 3 is 2.63 bits per heavy atom. The van der Waals surface area contributed by atoms with Gasteiger partial charge in [-0.3, -0.25) is 4.79 Å². The summed E-state index contributed by atoms with van der Waals surface area (Å²) in [6, 6.07) is 0. The number of ether oxygens (including phenoxy) is 2. The Kier molecular flexibility index (Phi) is 2.68. The second-order valence-electron chi connectivity index (χ2n) is 6.97. The smallest absolute Gasteiger partial charge is 0.309 e. The van der Waals surface area contributed by atoms with E-state index in [1.54, 1.807) is 0 Å². The van der Waals surface area contributed by atoms with Gasteiger partial charge in [0.15, 0.2) is 0 Å². The first-order chi connectivity index (χ1) is 9.16. The molecular formula is C15H22O4. The highest BCUT2D eigenvalue weighted by Crippen LogP contribution is 2.50.